The molecule has 5 nitrogen and oxygen atoms in total. The third-order valence-electron chi connectivity index (χ3n) is 13.6. The molecule has 5 saturated carbocycles. The SMILES string of the molecule is CC(C)[C@@H](OC(N)=O)C1CCC2C(C[C@@]3(C)C4CC[C@H]5C(C)(C)[C@@H](O)CCC56C[C@@]46CC[C@]23C)O1. The van der Waals surface area contributed by atoms with Crippen LogP contribution in [0.1, 0.15) is 106 Å². The molecule has 5 heteroatoms. The van der Waals surface area contributed by atoms with Crippen LogP contribution in [0.3, 0.4) is 0 Å². The summed E-state index contributed by atoms with van der Waals surface area (Å²) in [5.74, 6) is 2.23. The molecule has 1 heterocycles. The third kappa shape index (κ3) is 2.92. The molecule has 5 unspecified atom stereocenters. The van der Waals surface area contributed by atoms with Gasteiger partial charge in [-0.2, -0.15) is 0 Å². The topological polar surface area (TPSA) is 81.8 Å². The standard InChI is InChI=1S/C30H49NO4/c1-17(2)24(35-25(31)33)19-8-7-18-20(34-19)15-28(6)22-10-9-21-26(3,4)23(32)11-12-29(21)16-30(22,29)14-13-27(18,28)5/h17-24,32H,7-16H2,1-6H3,(H2,31,33)/t18?,19?,20?,21-,22?,23-,24+,27+,28-,29?,30-/m0/s1. The fourth-order valence-corrected chi connectivity index (χ4v) is 11.8. The van der Waals surface area contributed by atoms with E-state index in [1.165, 1.54) is 44.9 Å². The molecule has 2 spiro atoms. The maximum atomic E-state index is 11.6. The maximum Gasteiger partial charge on any atom is 0.404 e. The molecule has 1 aliphatic heterocycles. The highest BCUT2D eigenvalue weighted by Crippen LogP contribution is 2.89. The predicted octanol–water partition coefficient (Wildman–Crippen LogP) is 6.06. The summed E-state index contributed by atoms with van der Waals surface area (Å²) in [7, 11) is 0. The Morgan fingerprint density at radius 1 is 0.943 bits per heavy atom. The fraction of sp³-hybridized carbons (Fsp3) is 0.967. The van der Waals surface area contributed by atoms with Crippen LogP contribution in [0, 0.1) is 50.7 Å². The average Bonchev–Trinajstić information content (AvgIpc) is 3.39. The van der Waals surface area contributed by atoms with E-state index in [1.807, 2.05) is 0 Å². The fourth-order valence-electron chi connectivity index (χ4n) is 11.8. The van der Waals surface area contributed by atoms with Crippen molar-refractivity contribution in [1.82, 2.24) is 0 Å². The first-order valence-corrected chi connectivity index (χ1v) is 14.6. The van der Waals surface area contributed by atoms with Crippen molar-refractivity contribution in [1.29, 1.82) is 0 Å². The van der Waals surface area contributed by atoms with Gasteiger partial charge in [0, 0.05) is 0 Å². The Morgan fingerprint density at radius 3 is 2.31 bits per heavy atom. The molecular weight excluding hydrogens is 438 g/mol. The number of primary amides is 1. The van der Waals surface area contributed by atoms with Gasteiger partial charge in [0.15, 0.2) is 0 Å². The lowest BCUT2D eigenvalue weighted by Gasteiger charge is -2.63. The molecule has 3 N–H and O–H groups in total. The Morgan fingerprint density at radius 2 is 1.63 bits per heavy atom. The Labute approximate surface area is 212 Å². The summed E-state index contributed by atoms with van der Waals surface area (Å²) in [5, 5.41) is 10.9. The molecule has 1 saturated heterocycles. The molecule has 0 radical (unpaired) electrons. The van der Waals surface area contributed by atoms with E-state index in [2.05, 4.69) is 41.5 Å². The van der Waals surface area contributed by atoms with Crippen molar-refractivity contribution in [2.75, 3.05) is 0 Å². The molecular formula is C30H49NO4. The minimum absolute atomic E-state index is 0.0423. The molecule has 0 aromatic rings. The lowest BCUT2D eigenvalue weighted by molar-refractivity contribution is -0.164. The van der Waals surface area contributed by atoms with Gasteiger partial charge in [0.05, 0.1) is 18.3 Å². The highest BCUT2D eigenvalue weighted by Gasteiger charge is 2.82. The van der Waals surface area contributed by atoms with Crippen LogP contribution >= 0.6 is 0 Å². The molecule has 6 fully saturated rings. The number of hydrogen-bond donors (Lipinski definition) is 2. The summed E-state index contributed by atoms with van der Waals surface area (Å²) in [6.45, 7) is 14.1. The molecule has 35 heavy (non-hydrogen) atoms. The molecule has 11 atom stereocenters. The summed E-state index contributed by atoms with van der Waals surface area (Å²) in [4.78, 5) is 11.6. The number of carbonyl (C=O) groups is 1. The second kappa shape index (κ2) is 7.40. The smallest absolute Gasteiger partial charge is 0.404 e. The number of fused-ring (bicyclic) bond motifs is 4. The van der Waals surface area contributed by atoms with Gasteiger partial charge in [0.2, 0.25) is 0 Å². The second-order valence-electron chi connectivity index (χ2n) is 15.1. The van der Waals surface area contributed by atoms with E-state index in [1.54, 1.807) is 0 Å². The highest BCUT2D eigenvalue weighted by atomic mass is 16.6. The normalized spacial score (nSPS) is 54.5. The number of hydrogen-bond acceptors (Lipinski definition) is 4. The van der Waals surface area contributed by atoms with Crippen LogP contribution in [0.15, 0.2) is 0 Å². The van der Waals surface area contributed by atoms with Gasteiger partial charge in [-0.25, -0.2) is 4.79 Å². The van der Waals surface area contributed by atoms with Gasteiger partial charge in [-0.1, -0.05) is 41.5 Å². The Balaban J connectivity index is 1.28. The second-order valence-corrected chi connectivity index (χ2v) is 15.1. The van der Waals surface area contributed by atoms with Crippen molar-refractivity contribution in [2.45, 2.75) is 130 Å². The summed E-state index contributed by atoms with van der Waals surface area (Å²) in [6.07, 6.45) is 11.3. The molecule has 5 aliphatic carbocycles. The van der Waals surface area contributed by atoms with Crippen molar-refractivity contribution < 1.29 is 19.4 Å². The molecule has 0 bridgehead atoms. The lowest BCUT2D eigenvalue weighted by atomic mass is 9.42. The van der Waals surface area contributed by atoms with Crippen molar-refractivity contribution in [2.24, 2.45) is 56.5 Å². The van der Waals surface area contributed by atoms with Crippen LogP contribution in [0.4, 0.5) is 4.79 Å². The van der Waals surface area contributed by atoms with E-state index in [4.69, 9.17) is 15.2 Å². The van der Waals surface area contributed by atoms with E-state index in [0.29, 0.717) is 33.5 Å². The van der Waals surface area contributed by atoms with Gasteiger partial charge < -0.3 is 20.3 Å². The molecule has 6 aliphatic rings. The Bertz CT molecular complexity index is 903. The Kier molecular flexibility index (Phi) is 5.18. The quantitative estimate of drug-likeness (QED) is 0.507. The lowest BCUT2D eigenvalue weighted by Crippen LogP contribution is -2.57. The van der Waals surface area contributed by atoms with Crippen LogP contribution in [-0.2, 0) is 9.47 Å². The van der Waals surface area contributed by atoms with E-state index in [-0.39, 0.29) is 35.7 Å². The number of rotatable bonds is 3. The number of ether oxygens (including phenoxy) is 2. The van der Waals surface area contributed by atoms with Crippen LogP contribution in [0.2, 0.25) is 0 Å². The van der Waals surface area contributed by atoms with E-state index in [0.717, 1.165) is 25.2 Å². The summed E-state index contributed by atoms with van der Waals surface area (Å²) in [6, 6.07) is 0. The predicted molar refractivity (Wildman–Crippen MR) is 135 cm³/mol. The van der Waals surface area contributed by atoms with Gasteiger partial charge in [-0.3, -0.25) is 0 Å². The van der Waals surface area contributed by atoms with Crippen LogP contribution in [0.5, 0.6) is 0 Å². The first-order chi connectivity index (χ1) is 16.3. The van der Waals surface area contributed by atoms with Gasteiger partial charge in [-0.05, 0) is 115 Å². The first-order valence-electron chi connectivity index (χ1n) is 14.6. The minimum Gasteiger partial charge on any atom is -0.443 e. The van der Waals surface area contributed by atoms with Gasteiger partial charge in [0.25, 0.3) is 0 Å². The number of amides is 1. The minimum atomic E-state index is -0.688. The van der Waals surface area contributed by atoms with Crippen molar-refractivity contribution >= 4 is 6.09 Å². The summed E-state index contributed by atoms with van der Waals surface area (Å²) >= 11 is 0. The monoisotopic (exact) mass is 487 g/mol. The van der Waals surface area contributed by atoms with Crippen molar-refractivity contribution in [3.05, 3.63) is 0 Å². The third-order valence-corrected chi connectivity index (χ3v) is 13.6. The number of nitrogens with two attached hydrogens (primary N) is 1. The summed E-state index contributed by atoms with van der Waals surface area (Å²) < 4.78 is 12.4. The molecule has 0 aromatic heterocycles. The average molecular weight is 488 g/mol. The van der Waals surface area contributed by atoms with E-state index >= 15 is 0 Å². The molecule has 0 aromatic carbocycles. The van der Waals surface area contributed by atoms with Crippen LogP contribution in [0.25, 0.3) is 0 Å². The molecule has 6 rings (SSSR count). The van der Waals surface area contributed by atoms with E-state index < -0.39 is 6.09 Å². The van der Waals surface area contributed by atoms with Gasteiger partial charge in [0.1, 0.15) is 6.10 Å². The van der Waals surface area contributed by atoms with Gasteiger partial charge >= 0.3 is 6.09 Å². The highest BCUT2D eigenvalue weighted by molar-refractivity contribution is 5.64. The van der Waals surface area contributed by atoms with Crippen LogP contribution < -0.4 is 5.73 Å². The number of aliphatic hydroxyl groups is 1. The zero-order valence-electron chi connectivity index (χ0n) is 22.9. The molecule has 198 valence electrons. The summed E-state index contributed by atoms with van der Waals surface area (Å²) in [5.41, 5.74) is 7.04. The van der Waals surface area contributed by atoms with Crippen molar-refractivity contribution in [3.63, 3.8) is 0 Å². The zero-order chi connectivity index (χ0) is 25.2. The maximum absolute atomic E-state index is 11.6. The van der Waals surface area contributed by atoms with Crippen LogP contribution in [-0.4, -0.2) is 35.6 Å². The first kappa shape index (κ1) is 24.5. The number of aliphatic hydroxyl groups excluding tert-OH is 1. The van der Waals surface area contributed by atoms with E-state index in [9.17, 15) is 9.90 Å². The largest absolute Gasteiger partial charge is 0.443 e. The number of carbonyl (C=O) groups excluding carboxylic acids is 1. The van der Waals surface area contributed by atoms with Crippen molar-refractivity contribution in [3.8, 4) is 0 Å². The molecule has 1 amide bonds. The Hall–Kier alpha value is -0.810. The van der Waals surface area contributed by atoms with Gasteiger partial charge in [-0.15, -0.1) is 0 Å². The zero-order valence-corrected chi connectivity index (χ0v) is 22.9.